The van der Waals surface area contributed by atoms with Crippen molar-refractivity contribution in [1.29, 1.82) is 0 Å². The first-order chi connectivity index (χ1) is 17.9. The summed E-state index contributed by atoms with van der Waals surface area (Å²) < 4.78 is 49.7. The van der Waals surface area contributed by atoms with Gasteiger partial charge in [-0.15, -0.1) is 0 Å². The van der Waals surface area contributed by atoms with Gasteiger partial charge in [-0.25, -0.2) is 4.79 Å². The second kappa shape index (κ2) is 10.8. The van der Waals surface area contributed by atoms with Crippen LogP contribution in [0.2, 0.25) is 0 Å². The molecule has 3 aromatic rings. The van der Waals surface area contributed by atoms with Crippen molar-refractivity contribution in [3.63, 3.8) is 0 Å². The summed E-state index contributed by atoms with van der Waals surface area (Å²) in [6, 6.07) is 20.5. The van der Waals surface area contributed by atoms with E-state index in [0.717, 1.165) is 17.7 Å². The number of ether oxygens (including phenoxy) is 2. The zero-order valence-electron chi connectivity index (χ0n) is 21.3. The molecule has 2 amide bonds. The number of rotatable bonds is 5. The van der Waals surface area contributed by atoms with Gasteiger partial charge in [-0.2, -0.15) is 13.2 Å². The molecule has 2 atom stereocenters. The summed E-state index contributed by atoms with van der Waals surface area (Å²) in [4.78, 5) is 27.7. The van der Waals surface area contributed by atoms with Crippen LogP contribution in [0.1, 0.15) is 37.8 Å². The van der Waals surface area contributed by atoms with Gasteiger partial charge in [0.15, 0.2) is 0 Å². The van der Waals surface area contributed by atoms with Gasteiger partial charge in [-0.05, 0) is 62.7 Å². The molecular formula is C29H29F3N2O4. The second-order valence-corrected chi connectivity index (χ2v) is 10.2. The Morgan fingerprint density at radius 1 is 0.868 bits per heavy atom. The molecule has 9 heteroatoms. The van der Waals surface area contributed by atoms with Crippen molar-refractivity contribution < 1.29 is 32.2 Å². The Balaban J connectivity index is 1.48. The van der Waals surface area contributed by atoms with Crippen LogP contribution in [0.25, 0.3) is 0 Å². The second-order valence-electron chi connectivity index (χ2n) is 10.2. The quantitative estimate of drug-likeness (QED) is 0.386. The van der Waals surface area contributed by atoms with E-state index in [9.17, 15) is 22.8 Å². The number of nitrogens with one attached hydrogen (secondary N) is 1. The predicted molar refractivity (Wildman–Crippen MR) is 137 cm³/mol. The molecule has 0 aromatic heterocycles. The molecule has 0 saturated carbocycles. The molecule has 1 heterocycles. The van der Waals surface area contributed by atoms with Crippen molar-refractivity contribution in [2.24, 2.45) is 5.92 Å². The third-order valence-corrected chi connectivity index (χ3v) is 6.05. The number of nitrogens with zero attached hydrogens (tertiary/aromatic N) is 1. The maximum Gasteiger partial charge on any atom is 0.416 e. The van der Waals surface area contributed by atoms with Gasteiger partial charge in [0, 0.05) is 30.8 Å². The zero-order valence-corrected chi connectivity index (χ0v) is 21.3. The molecular weight excluding hydrogens is 497 g/mol. The van der Waals surface area contributed by atoms with Gasteiger partial charge < -0.3 is 19.7 Å². The molecule has 0 unspecified atom stereocenters. The van der Waals surface area contributed by atoms with E-state index in [1.807, 2.05) is 30.3 Å². The molecule has 0 bridgehead atoms. The monoisotopic (exact) mass is 526 g/mol. The summed E-state index contributed by atoms with van der Waals surface area (Å²) in [6.07, 6.45) is -4.90. The minimum absolute atomic E-state index is 0.196. The Kier molecular flexibility index (Phi) is 7.66. The van der Waals surface area contributed by atoms with E-state index in [1.165, 1.54) is 12.1 Å². The smallest absolute Gasteiger partial charge is 0.416 e. The Hall–Kier alpha value is -4.01. The molecule has 6 nitrogen and oxygen atoms in total. The maximum absolute atomic E-state index is 13.4. The Labute approximate surface area is 219 Å². The third-order valence-electron chi connectivity index (χ3n) is 6.05. The van der Waals surface area contributed by atoms with Crippen LogP contribution in [0.5, 0.6) is 11.5 Å². The summed E-state index contributed by atoms with van der Waals surface area (Å²) >= 11 is 0. The molecule has 38 heavy (non-hydrogen) atoms. The SMILES string of the molecule is CC(C)(C)OC(=O)N1C[C@@H](C(=O)Nc2cccc(Oc3ccc(C(F)(F)F)cc3)c2)[C@H](c2ccccc2)C1. The van der Waals surface area contributed by atoms with Gasteiger partial charge in [0.05, 0.1) is 11.5 Å². The average molecular weight is 527 g/mol. The highest BCUT2D eigenvalue weighted by Crippen LogP contribution is 2.35. The highest BCUT2D eigenvalue weighted by Gasteiger charge is 2.41. The van der Waals surface area contributed by atoms with E-state index in [2.05, 4.69) is 5.32 Å². The molecule has 1 fully saturated rings. The van der Waals surface area contributed by atoms with Crippen LogP contribution in [0.3, 0.4) is 0 Å². The highest BCUT2D eigenvalue weighted by atomic mass is 19.4. The number of likely N-dealkylation sites (tertiary alicyclic amines) is 1. The van der Waals surface area contributed by atoms with Crippen molar-refractivity contribution >= 4 is 17.7 Å². The molecule has 1 saturated heterocycles. The van der Waals surface area contributed by atoms with Gasteiger partial charge in [-0.1, -0.05) is 36.4 Å². The highest BCUT2D eigenvalue weighted by molar-refractivity contribution is 5.94. The van der Waals surface area contributed by atoms with E-state index in [-0.39, 0.29) is 24.1 Å². The lowest BCUT2D eigenvalue weighted by Gasteiger charge is -2.24. The number of alkyl halides is 3. The van der Waals surface area contributed by atoms with Gasteiger partial charge in [-0.3, -0.25) is 4.79 Å². The van der Waals surface area contributed by atoms with E-state index in [1.54, 1.807) is 49.9 Å². The van der Waals surface area contributed by atoms with Crippen LogP contribution in [0.15, 0.2) is 78.9 Å². The first kappa shape index (κ1) is 27.0. The number of anilines is 1. The zero-order chi connectivity index (χ0) is 27.5. The first-order valence-electron chi connectivity index (χ1n) is 12.2. The third kappa shape index (κ3) is 6.85. The number of halogens is 3. The Morgan fingerprint density at radius 2 is 1.55 bits per heavy atom. The topological polar surface area (TPSA) is 67.9 Å². The molecule has 1 aliphatic heterocycles. The van der Waals surface area contributed by atoms with Crippen LogP contribution in [0.4, 0.5) is 23.7 Å². The molecule has 1 N–H and O–H groups in total. The van der Waals surface area contributed by atoms with Crippen molar-refractivity contribution in [2.45, 2.75) is 38.5 Å². The van der Waals surface area contributed by atoms with E-state index >= 15 is 0 Å². The minimum Gasteiger partial charge on any atom is -0.457 e. The number of benzene rings is 3. The van der Waals surface area contributed by atoms with Gasteiger partial charge >= 0.3 is 12.3 Å². The number of carbonyl (C=O) groups is 2. The minimum atomic E-state index is -4.43. The lowest BCUT2D eigenvalue weighted by Crippen LogP contribution is -2.36. The fraction of sp³-hybridized carbons (Fsp3) is 0.310. The summed E-state index contributed by atoms with van der Waals surface area (Å²) in [6.45, 7) is 5.91. The Morgan fingerprint density at radius 3 is 2.18 bits per heavy atom. The lowest BCUT2D eigenvalue weighted by molar-refractivity contribution is -0.137. The van der Waals surface area contributed by atoms with Crippen LogP contribution in [-0.4, -0.2) is 35.6 Å². The van der Waals surface area contributed by atoms with Crippen molar-refractivity contribution in [1.82, 2.24) is 4.90 Å². The molecule has 1 aliphatic rings. The molecule has 0 aliphatic carbocycles. The van der Waals surface area contributed by atoms with Crippen LogP contribution in [-0.2, 0) is 15.7 Å². The number of carbonyl (C=O) groups excluding carboxylic acids is 2. The molecule has 0 spiro atoms. The summed E-state index contributed by atoms with van der Waals surface area (Å²) in [5.74, 6) is -0.435. The fourth-order valence-electron chi connectivity index (χ4n) is 4.30. The number of hydrogen-bond donors (Lipinski definition) is 1. The summed E-state index contributed by atoms with van der Waals surface area (Å²) in [7, 11) is 0. The summed E-state index contributed by atoms with van der Waals surface area (Å²) in [5.41, 5.74) is -0.0245. The van der Waals surface area contributed by atoms with Crippen molar-refractivity contribution in [3.8, 4) is 11.5 Å². The van der Waals surface area contributed by atoms with Gasteiger partial charge in [0.2, 0.25) is 5.91 Å². The van der Waals surface area contributed by atoms with Gasteiger partial charge in [0.1, 0.15) is 17.1 Å². The van der Waals surface area contributed by atoms with Crippen molar-refractivity contribution in [3.05, 3.63) is 90.0 Å². The molecule has 0 radical (unpaired) electrons. The average Bonchev–Trinajstić information content (AvgIpc) is 3.30. The number of amides is 2. The normalized spacial score (nSPS) is 17.7. The molecule has 3 aromatic carbocycles. The number of hydrogen-bond acceptors (Lipinski definition) is 4. The van der Waals surface area contributed by atoms with Crippen LogP contribution < -0.4 is 10.1 Å². The van der Waals surface area contributed by atoms with E-state index < -0.39 is 29.4 Å². The predicted octanol–water partition coefficient (Wildman–Crippen LogP) is 7.09. The first-order valence-corrected chi connectivity index (χ1v) is 12.2. The van der Waals surface area contributed by atoms with Crippen LogP contribution in [0, 0.1) is 5.92 Å². The Bertz CT molecular complexity index is 1270. The largest absolute Gasteiger partial charge is 0.457 e. The fourth-order valence-corrected chi connectivity index (χ4v) is 4.30. The van der Waals surface area contributed by atoms with Gasteiger partial charge in [0.25, 0.3) is 0 Å². The van der Waals surface area contributed by atoms with E-state index in [4.69, 9.17) is 9.47 Å². The van der Waals surface area contributed by atoms with E-state index in [0.29, 0.717) is 18.0 Å². The van der Waals surface area contributed by atoms with Crippen molar-refractivity contribution in [2.75, 3.05) is 18.4 Å². The molecule has 200 valence electrons. The lowest BCUT2D eigenvalue weighted by atomic mass is 9.88. The standard InChI is InChI=1S/C29H29F3N2O4/c1-28(2,3)38-27(36)34-17-24(19-8-5-4-6-9-19)25(18-34)26(35)33-21-10-7-11-23(16-21)37-22-14-12-20(13-15-22)29(30,31)32/h4-16,24-25H,17-18H2,1-3H3,(H,33,35)/t24-,25+/m0/s1. The van der Waals surface area contributed by atoms with Crippen LogP contribution >= 0.6 is 0 Å². The molecule has 4 rings (SSSR count). The maximum atomic E-state index is 13.4. The summed E-state index contributed by atoms with van der Waals surface area (Å²) in [5, 5.41) is 2.90.